The van der Waals surface area contributed by atoms with Gasteiger partial charge in [0.15, 0.2) is 0 Å². The number of hydrogen-bond donors (Lipinski definition) is 1. The Bertz CT molecular complexity index is 424. The number of amides is 1. The molecule has 104 valence electrons. The fourth-order valence-corrected chi connectivity index (χ4v) is 1.39. The summed E-state index contributed by atoms with van der Waals surface area (Å²) in [6.07, 6.45) is 2.23. The molecule has 0 aliphatic heterocycles. The molecule has 0 radical (unpaired) electrons. The van der Waals surface area contributed by atoms with E-state index in [2.05, 4.69) is 5.32 Å². The molecule has 0 heterocycles. The minimum atomic E-state index is -0.492. The number of ether oxygens (including phenoxy) is 1. The summed E-state index contributed by atoms with van der Waals surface area (Å²) in [5.41, 5.74) is 0.258. The van der Waals surface area contributed by atoms with E-state index in [-0.39, 0.29) is 5.91 Å². The Morgan fingerprint density at radius 1 is 1.32 bits per heavy atom. The van der Waals surface area contributed by atoms with Crippen molar-refractivity contribution in [3.63, 3.8) is 0 Å². The van der Waals surface area contributed by atoms with E-state index in [1.807, 2.05) is 20.8 Å². The lowest BCUT2D eigenvalue weighted by Gasteiger charge is -2.17. The Morgan fingerprint density at radius 3 is 2.47 bits per heavy atom. The zero-order valence-electron chi connectivity index (χ0n) is 11.7. The molecule has 4 nitrogen and oxygen atoms in total. The molecule has 1 amide bonds. The molecular weight excluding hydrogens is 242 g/mol. The summed E-state index contributed by atoms with van der Waals surface area (Å²) in [4.78, 5) is 22.2. The van der Waals surface area contributed by atoms with Crippen molar-refractivity contribution in [2.45, 2.75) is 33.6 Å². The molecule has 0 atom stereocenters. The second-order valence-corrected chi connectivity index (χ2v) is 5.22. The van der Waals surface area contributed by atoms with Crippen LogP contribution < -0.4 is 10.1 Å². The van der Waals surface area contributed by atoms with Crippen molar-refractivity contribution in [2.75, 3.05) is 11.9 Å². The first kappa shape index (κ1) is 15.2. The molecule has 0 saturated carbocycles. The van der Waals surface area contributed by atoms with Gasteiger partial charge in [0.1, 0.15) is 12.0 Å². The monoisotopic (exact) mass is 263 g/mol. The van der Waals surface area contributed by atoms with E-state index < -0.39 is 5.41 Å². The smallest absolute Gasteiger partial charge is 0.224 e. The highest BCUT2D eigenvalue weighted by atomic mass is 16.5. The number of hydrogen-bond acceptors (Lipinski definition) is 3. The van der Waals surface area contributed by atoms with Crippen LogP contribution in [-0.4, -0.2) is 18.8 Å². The Morgan fingerprint density at radius 2 is 1.95 bits per heavy atom. The van der Waals surface area contributed by atoms with Gasteiger partial charge in [0.05, 0.1) is 12.0 Å². The van der Waals surface area contributed by atoms with Crippen LogP contribution in [0.3, 0.4) is 0 Å². The standard InChI is InChI=1S/C15H21NO3/c1-4-5-14(18)16-12-6-8-13(9-7-12)19-11-15(2,3)10-17/h6-10H,4-5,11H2,1-3H3,(H,16,18). The molecule has 0 aromatic heterocycles. The molecule has 1 N–H and O–H groups in total. The van der Waals surface area contributed by atoms with Gasteiger partial charge in [-0.15, -0.1) is 0 Å². The van der Waals surface area contributed by atoms with E-state index in [1.165, 1.54) is 0 Å². The molecule has 0 spiro atoms. The van der Waals surface area contributed by atoms with Gasteiger partial charge in [0.25, 0.3) is 0 Å². The fraction of sp³-hybridized carbons (Fsp3) is 0.467. The molecule has 0 saturated heterocycles. The van der Waals surface area contributed by atoms with E-state index in [4.69, 9.17) is 4.74 Å². The highest BCUT2D eigenvalue weighted by Crippen LogP contribution is 2.19. The minimum absolute atomic E-state index is 0.0123. The zero-order valence-corrected chi connectivity index (χ0v) is 11.7. The number of aldehydes is 1. The van der Waals surface area contributed by atoms with Crippen molar-refractivity contribution >= 4 is 17.9 Å². The van der Waals surface area contributed by atoms with Crippen LogP contribution in [0.2, 0.25) is 0 Å². The predicted octanol–water partition coefficient (Wildman–Crippen LogP) is 3.03. The van der Waals surface area contributed by atoms with E-state index in [0.717, 1.165) is 18.4 Å². The maximum atomic E-state index is 11.4. The predicted molar refractivity (Wildman–Crippen MR) is 75.3 cm³/mol. The lowest BCUT2D eigenvalue weighted by Crippen LogP contribution is -2.22. The molecule has 1 aromatic rings. The molecule has 1 rings (SSSR count). The molecule has 0 bridgehead atoms. The van der Waals surface area contributed by atoms with Crippen molar-refractivity contribution in [3.05, 3.63) is 24.3 Å². The van der Waals surface area contributed by atoms with Crippen molar-refractivity contribution < 1.29 is 14.3 Å². The summed E-state index contributed by atoms with van der Waals surface area (Å²) in [7, 11) is 0. The molecule has 0 aliphatic carbocycles. The Kier molecular flexibility index (Phi) is 5.55. The third-order valence-electron chi connectivity index (χ3n) is 2.55. The fourth-order valence-electron chi connectivity index (χ4n) is 1.39. The van der Waals surface area contributed by atoms with Crippen LogP contribution >= 0.6 is 0 Å². The van der Waals surface area contributed by atoms with Crippen LogP contribution in [0.4, 0.5) is 5.69 Å². The van der Waals surface area contributed by atoms with Gasteiger partial charge in [0, 0.05) is 12.1 Å². The van der Waals surface area contributed by atoms with Gasteiger partial charge < -0.3 is 14.8 Å². The molecule has 0 fully saturated rings. The average molecular weight is 263 g/mol. The van der Waals surface area contributed by atoms with Crippen molar-refractivity contribution in [1.82, 2.24) is 0 Å². The quantitative estimate of drug-likeness (QED) is 0.769. The molecule has 0 aliphatic rings. The van der Waals surface area contributed by atoms with Gasteiger partial charge >= 0.3 is 0 Å². The van der Waals surface area contributed by atoms with Crippen LogP contribution in [0.15, 0.2) is 24.3 Å². The number of carbonyl (C=O) groups excluding carboxylic acids is 2. The van der Waals surface area contributed by atoms with Gasteiger partial charge in [-0.2, -0.15) is 0 Å². The van der Waals surface area contributed by atoms with Gasteiger partial charge in [0.2, 0.25) is 5.91 Å². The van der Waals surface area contributed by atoms with Crippen LogP contribution in [0.25, 0.3) is 0 Å². The van der Waals surface area contributed by atoms with Crippen LogP contribution in [0.5, 0.6) is 5.75 Å². The third kappa shape index (κ3) is 5.55. The Hall–Kier alpha value is -1.84. The third-order valence-corrected chi connectivity index (χ3v) is 2.55. The number of benzene rings is 1. The highest BCUT2D eigenvalue weighted by Gasteiger charge is 2.17. The van der Waals surface area contributed by atoms with E-state index in [0.29, 0.717) is 18.8 Å². The summed E-state index contributed by atoms with van der Waals surface area (Å²) in [6.45, 7) is 5.93. The van der Waals surface area contributed by atoms with Crippen LogP contribution in [-0.2, 0) is 9.59 Å². The van der Waals surface area contributed by atoms with Gasteiger partial charge in [-0.25, -0.2) is 0 Å². The van der Waals surface area contributed by atoms with E-state index >= 15 is 0 Å². The lowest BCUT2D eigenvalue weighted by atomic mass is 9.98. The summed E-state index contributed by atoms with van der Waals surface area (Å²) in [5, 5.41) is 2.80. The zero-order chi connectivity index (χ0) is 14.3. The highest BCUT2D eigenvalue weighted by molar-refractivity contribution is 5.90. The first-order valence-corrected chi connectivity index (χ1v) is 6.46. The second kappa shape index (κ2) is 6.92. The van der Waals surface area contributed by atoms with Gasteiger partial charge in [-0.1, -0.05) is 6.92 Å². The molecule has 1 aromatic carbocycles. The average Bonchev–Trinajstić information content (AvgIpc) is 2.38. The summed E-state index contributed by atoms with van der Waals surface area (Å²) >= 11 is 0. The first-order valence-electron chi connectivity index (χ1n) is 6.46. The van der Waals surface area contributed by atoms with Crippen LogP contribution in [0.1, 0.15) is 33.6 Å². The second-order valence-electron chi connectivity index (χ2n) is 5.22. The molecule has 4 heteroatoms. The maximum Gasteiger partial charge on any atom is 0.224 e. The topological polar surface area (TPSA) is 55.4 Å². The summed E-state index contributed by atoms with van der Waals surface area (Å²) in [6, 6.07) is 7.14. The van der Waals surface area contributed by atoms with Gasteiger partial charge in [-0.05, 0) is 44.5 Å². The molecular formula is C15H21NO3. The largest absolute Gasteiger partial charge is 0.493 e. The summed E-state index contributed by atoms with van der Waals surface area (Å²) < 4.78 is 5.53. The number of anilines is 1. The van der Waals surface area contributed by atoms with E-state index in [1.54, 1.807) is 24.3 Å². The number of rotatable bonds is 7. The number of nitrogens with one attached hydrogen (secondary N) is 1. The SMILES string of the molecule is CCCC(=O)Nc1ccc(OCC(C)(C)C=O)cc1. The van der Waals surface area contributed by atoms with E-state index in [9.17, 15) is 9.59 Å². The van der Waals surface area contributed by atoms with Crippen molar-refractivity contribution in [1.29, 1.82) is 0 Å². The van der Waals surface area contributed by atoms with Crippen molar-refractivity contribution in [3.8, 4) is 5.75 Å². The molecule has 19 heavy (non-hydrogen) atoms. The minimum Gasteiger partial charge on any atom is -0.493 e. The van der Waals surface area contributed by atoms with Gasteiger partial charge in [-0.3, -0.25) is 4.79 Å². The lowest BCUT2D eigenvalue weighted by molar-refractivity contribution is -0.116. The normalized spacial score (nSPS) is 10.9. The van der Waals surface area contributed by atoms with Crippen molar-refractivity contribution in [2.24, 2.45) is 5.41 Å². The number of carbonyl (C=O) groups is 2. The Balaban J connectivity index is 2.52. The van der Waals surface area contributed by atoms with Crippen LogP contribution in [0, 0.1) is 5.41 Å². The Labute approximate surface area is 114 Å². The molecule has 0 unspecified atom stereocenters. The summed E-state index contributed by atoms with van der Waals surface area (Å²) in [5.74, 6) is 0.696. The maximum absolute atomic E-state index is 11.4. The first-order chi connectivity index (χ1) is 8.96.